The number of carboxylic acids is 1. The summed E-state index contributed by atoms with van der Waals surface area (Å²) in [7, 11) is 1.99. The molecule has 2 aromatic heterocycles. The zero-order valence-electron chi connectivity index (χ0n) is 28.5. The standard InChI is InChI=1S/C33H37F2N7O3.C2HF3O2/c1-23-4-5-24(21-38-23)32(45)41-16-14-40(15-17-41)13-3-12-39(2)25-6-7-29-28(18-25)27(10-11-37-29)30(43)8-9-31(44)42-22-33(34,35)19-26(42)20-36;3-2(4,5)1(6)7/h4-7,10-11,18,21,26H,3,8-9,12-17,19,22H2,1-2H3;(H,6,7)/p-1/t26-;/m0./s1. The second-order valence-electron chi connectivity index (χ2n) is 12.6. The van der Waals surface area contributed by atoms with Crippen LogP contribution in [0.15, 0.2) is 48.8 Å². The largest absolute Gasteiger partial charge is 0.542 e. The van der Waals surface area contributed by atoms with Crippen molar-refractivity contribution in [2.75, 3.05) is 57.8 Å². The molecular weight excluding hydrogens is 693 g/mol. The highest BCUT2D eigenvalue weighted by Crippen LogP contribution is 2.32. The molecule has 17 heteroatoms. The van der Waals surface area contributed by atoms with Gasteiger partial charge in [0.25, 0.3) is 11.8 Å². The maximum atomic E-state index is 13.8. The van der Waals surface area contributed by atoms with Gasteiger partial charge in [0.1, 0.15) is 12.0 Å². The molecule has 0 radical (unpaired) electrons. The quantitative estimate of drug-likeness (QED) is 0.225. The number of anilines is 1. The number of nitriles is 1. The molecule has 1 aromatic carbocycles. The SMILES string of the molecule is Cc1ccc(C(=O)N2CCN(CCCN(C)c3ccc4nccc(C(=O)CCC(=O)N5CC(F)(F)C[C@H]5C#N)c4c3)CC2)cn1.O=C([O-])C(F)(F)F. The van der Waals surface area contributed by atoms with Crippen LogP contribution in [0.1, 0.15) is 52.1 Å². The normalized spacial score (nSPS) is 17.2. The Hall–Kier alpha value is -5.24. The third-order valence-corrected chi connectivity index (χ3v) is 8.79. The van der Waals surface area contributed by atoms with Gasteiger partial charge in [-0.1, -0.05) is 0 Å². The minimum absolute atomic E-state index is 0.0148. The number of likely N-dealkylation sites (tertiary alicyclic amines) is 1. The zero-order chi connectivity index (χ0) is 38.2. The lowest BCUT2D eigenvalue weighted by molar-refractivity contribution is -0.344. The number of benzene rings is 1. The van der Waals surface area contributed by atoms with Crippen LogP contribution < -0.4 is 10.0 Å². The molecular formula is C35H37F5N7O5-. The fraction of sp³-hybridized carbons (Fsp3) is 0.457. The zero-order valence-corrected chi connectivity index (χ0v) is 28.5. The van der Waals surface area contributed by atoms with Gasteiger partial charge in [-0.3, -0.25) is 29.3 Å². The van der Waals surface area contributed by atoms with Gasteiger partial charge < -0.3 is 24.6 Å². The van der Waals surface area contributed by atoms with E-state index in [0.29, 0.717) is 35.1 Å². The molecule has 12 nitrogen and oxygen atoms in total. The number of nitrogens with zero attached hydrogens (tertiary/aromatic N) is 7. The van der Waals surface area contributed by atoms with Crippen LogP contribution in [0, 0.1) is 18.3 Å². The molecule has 5 rings (SSSR count). The van der Waals surface area contributed by atoms with Crippen molar-refractivity contribution in [2.45, 2.75) is 50.7 Å². The highest BCUT2D eigenvalue weighted by atomic mass is 19.4. The van der Waals surface area contributed by atoms with E-state index in [1.807, 2.05) is 49.2 Å². The van der Waals surface area contributed by atoms with Crippen LogP contribution in [0.25, 0.3) is 10.9 Å². The summed E-state index contributed by atoms with van der Waals surface area (Å²) in [4.78, 5) is 63.2. The van der Waals surface area contributed by atoms with Gasteiger partial charge in [0.05, 0.1) is 23.7 Å². The summed E-state index contributed by atoms with van der Waals surface area (Å²) in [5, 5.41) is 18.6. The summed E-state index contributed by atoms with van der Waals surface area (Å²) < 4.78 is 59.1. The molecule has 0 spiro atoms. The van der Waals surface area contributed by atoms with Crippen molar-refractivity contribution in [3.63, 3.8) is 0 Å². The predicted molar refractivity (Wildman–Crippen MR) is 176 cm³/mol. The Labute approximate surface area is 296 Å². The van der Waals surface area contributed by atoms with Gasteiger partial charge in [0.15, 0.2) is 5.78 Å². The molecule has 2 aliphatic rings. The second-order valence-corrected chi connectivity index (χ2v) is 12.6. The molecule has 1 atom stereocenters. The number of hydrogen-bond acceptors (Lipinski definition) is 10. The monoisotopic (exact) mass is 730 g/mol. The average Bonchev–Trinajstić information content (AvgIpc) is 3.44. The van der Waals surface area contributed by atoms with E-state index in [2.05, 4.69) is 19.8 Å². The highest BCUT2D eigenvalue weighted by Gasteiger charge is 2.47. The number of alkyl halides is 5. The van der Waals surface area contributed by atoms with Gasteiger partial charge in [-0.25, -0.2) is 8.78 Å². The fourth-order valence-electron chi connectivity index (χ4n) is 5.92. The number of aliphatic carboxylic acids is 1. The molecule has 0 aliphatic carbocycles. The molecule has 3 aromatic rings. The minimum Gasteiger partial charge on any atom is -0.542 e. The van der Waals surface area contributed by atoms with Crippen LogP contribution in [0.2, 0.25) is 0 Å². The van der Waals surface area contributed by atoms with E-state index in [9.17, 15) is 41.6 Å². The van der Waals surface area contributed by atoms with Crippen molar-refractivity contribution in [2.24, 2.45) is 0 Å². The molecule has 0 unspecified atom stereocenters. The maximum absolute atomic E-state index is 13.8. The number of rotatable bonds is 10. The Morgan fingerprint density at radius 1 is 1.04 bits per heavy atom. The van der Waals surface area contributed by atoms with Crippen LogP contribution in [0.3, 0.4) is 0 Å². The van der Waals surface area contributed by atoms with E-state index in [4.69, 9.17) is 9.90 Å². The molecule has 0 N–H and O–H groups in total. The van der Waals surface area contributed by atoms with Crippen molar-refractivity contribution < 1.29 is 46.2 Å². The van der Waals surface area contributed by atoms with Crippen LogP contribution in [0.5, 0.6) is 0 Å². The first-order chi connectivity index (χ1) is 24.5. The van der Waals surface area contributed by atoms with Gasteiger partial charge in [0.2, 0.25) is 5.91 Å². The molecule has 2 fully saturated rings. The van der Waals surface area contributed by atoms with Crippen LogP contribution in [-0.4, -0.2) is 119 Å². The number of fused-ring (bicyclic) bond motifs is 1. The molecule has 4 heterocycles. The number of aromatic nitrogens is 2. The first kappa shape index (κ1) is 39.5. The second kappa shape index (κ2) is 16.9. The van der Waals surface area contributed by atoms with Crippen molar-refractivity contribution in [1.29, 1.82) is 5.26 Å². The molecule has 52 heavy (non-hydrogen) atoms. The first-order valence-electron chi connectivity index (χ1n) is 16.4. The Bertz CT molecular complexity index is 1810. The Kier molecular flexibility index (Phi) is 12.8. The lowest BCUT2D eigenvalue weighted by Gasteiger charge is -2.35. The van der Waals surface area contributed by atoms with Gasteiger partial charge in [-0.2, -0.15) is 18.4 Å². The van der Waals surface area contributed by atoms with E-state index in [1.165, 1.54) is 0 Å². The van der Waals surface area contributed by atoms with Crippen molar-refractivity contribution >= 4 is 40.2 Å². The van der Waals surface area contributed by atoms with Crippen LogP contribution in [0.4, 0.5) is 27.6 Å². The van der Waals surface area contributed by atoms with Crippen LogP contribution in [-0.2, 0) is 9.59 Å². The third kappa shape index (κ3) is 10.4. The smallest absolute Gasteiger partial charge is 0.430 e. The average molecular weight is 731 g/mol. The number of carbonyl (C=O) groups excluding carboxylic acids is 4. The number of aryl methyl sites for hydroxylation is 1. The lowest BCUT2D eigenvalue weighted by Crippen LogP contribution is -2.49. The van der Waals surface area contributed by atoms with Gasteiger partial charge in [-0.15, -0.1) is 0 Å². The number of halogens is 5. The number of hydrogen-bond donors (Lipinski definition) is 0. The van der Waals surface area contributed by atoms with Crippen molar-refractivity contribution in [3.05, 3.63) is 65.6 Å². The molecule has 0 bridgehead atoms. The number of Topliss-reactive ketones (excluding diaryl/α,β-unsaturated/α-hetero) is 1. The topological polar surface area (TPSA) is 154 Å². The molecule has 278 valence electrons. The highest BCUT2D eigenvalue weighted by molar-refractivity contribution is 6.08. The van der Waals surface area contributed by atoms with E-state index in [0.717, 1.165) is 48.9 Å². The predicted octanol–water partition coefficient (Wildman–Crippen LogP) is 3.24. The Morgan fingerprint density at radius 2 is 1.73 bits per heavy atom. The Morgan fingerprint density at radius 3 is 2.35 bits per heavy atom. The summed E-state index contributed by atoms with van der Waals surface area (Å²) in [5.74, 6) is -7.00. The van der Waals surface area contributed by atoms with Gasteiger partial charge >= 0.3 is 6.18 Å². The maximum Gasteiger partial charge on any atom is 0.430 e. The molecule has 2 aliphatic heterocycles. The molecule has 2 saturated heterocycles. The Balaban J connectivity index is 0.000000785. The van der Waals surface area contributed by atoms with Gasteiger partial charge in [-0.05, 0) is 56.3 Å². The summed E-state index contributed by atoms with van der Waals surface area (Å²) >= 11 is 0. The number of amides is 2. The number of piperazine rings is 1. The summed E-state index contributed by atoms with van der Waals surface area (Å²) in [5.41, 5.74) is 3.47. The third-order valence-electron chi connectivity index (χ3n) is 8.79. The van der Waals surface area contributed by atoms with E-state index in [-0.39, 0.29) is 24.5 Å². The van der Waals surface area contributed by atoms with E-state index >= 15 is 0 Å². The number of ketones is 1. The first-order valence-corrected chi connectivity index (χ1v) is 16.4. The van der Waals surface area contributed by atoms with E-state index < -0.39 is 43.0 Å². The summed E-state index contributed by atoms with van der Waals surface area (Å²) in [6.45, 7) is 5.72. The van der Waals surface area contributed by atoms with Crippen LogP contribution >= 0.6 is 0 Å². The number of carbonyl (C=O) groups is 4. The fourth-order valence-corrected chi connectivity index (χ4v) is 5.92. The van der Waals surface area contributed by atoms with E-state index in [1.54, 1.807) is 24.5 Å². The lowest BCUT2D eigenvalue weighted by atomic mass is 10.0. The van der Waals surface area contributed by atoms with Crippen molar-refractivity contribution in [1.82, 2.24) is 24.7 Å². The molecule has 2 amide bonds. The molecule has 0 saturated carbocycles. The summed E-state index contributed by atoms with van der Waals surface area (Å²) in [6, 6.07) is 11.6. The number of carboxylic acid groups (broad SMARTS) is 1. The minimum atomic E-state index is -5.19. The summed E-state index contributed by atoms with van der Waals surface area (Å²) in [6.07, 6.45) is -2.20. The number of pyridine rings is 2. The van der Waals surface area contributed by atoms with Gasteiger partial charge in [0, 0.05) is 93.8 Å². The van der Waals surface area contributed by atoms with Crippen molar-refractivity contribution in [3.8, 4) is 6.07 Å².